The molecule has 1 fully saturated rings. The highest BCUT2D eigenvalue weighted by atomic mass is 79.9. The number of aliphatic hydroxyl groups excluding tert-OH is 1. The number of pyridine rings is 1. The molecule has 1 aliphatic rings. The Labute approximate surface area is 127 Å². The van der Waals surface area contributed by atoms with E-state index in [1.807, 2.05) is 0 Å². The Morgan fingerprint density at radius 2 is 2.30 bits per heavy atom. The normalized spacial score (nSPS) is 21.9. The van der Waals surface area contributed by atoms with Gasteiger partial charge in [0, 0.05) is 30.8 Å². The summed E-state index contributed by atoms with van der Waals surface area (Å²) < 4.78 is 27.4. The fourth-order valence-electron chi connectivity index (χ4n) is 2.31. The van der Waals surface area contributed by atoms with Crippen LogP contribution in [0.3, 0.4) is 0 Å². The number of aromatic nitrogens is 1. The average Bonchev–Trinajstić information content (AvgIpc) is 2.89. The molecule has 0 spiro atoms. The minimum atomic E-state index is -3.60. The molecule has 0 aromatic carbocycles. The molecule has 0 bridgehead atoms. The molecule has 20 heavy (non-hydrogen) atoms. The van der Waals surface area contributed by atoms with E-state index >= 15 is 0 Å². The number of halogens is 1. The van der Waals surface area contributed by atoms with Gasteiger partial charge >= 0.3 is 0 Å². The van der Waals surface area contributed by atoms with Crippen LogP contribution >= 0.6 is 15.9 Å². The van der Waals surface area contributed by atoms with E-state index in [0.717, 1.165) is 0 Å². The standard InChI is InChI=1S/C12H18BrN3O3S/c1-8(17)9-3-4-16(7-9)20(18,19)11-5-10(13)6-15-12(11)14-2/h5-6,8-9,17H,3-4,7H2,1-2H3,(H,14,15). The molecule has 112 valence electrons. The highest BCUT2D eigenvalue weighted by Gasteiger charge is 2.35. The number of sulfonamides is 1. The van der Waals surface area contributed by atoms with Crippen LogP contribution in [0.15, 0.2) is 21.6 Å². The molecule has 1 saturated heterocycles. The summed E-state index contributed by atoms with van der Waals surface area (Å²) in [5.74, 6) is 0.316. The molecule has 0 amide bonds. The Morgan fingerprint density at radius 3 is 2.85 bits per heavy atom. The molecule has 1 aliphatic heterocycles. The highest BCUT2D eigenvalue weighted by Crippen LogP contribution is 2.30. The van der Waals surface area contributed by atoms with Crippen molar-refractivity contribution >= 4 is 31.8 Å². The fourth-order valence-corrected chi connectivity index (χ4v) is 4.48. The maximum absolute atomic E-state index is 12.7. The quantitative estimate of drug-likeness (QED) is 0.841. The molecular formula is C12H18BrN3O3S. The lowest BCUT2D eigenvalue weighted by molar-refractivity contribution is 0.133. The zero-order valence-corrected chi connectivity index (χ0v) is 13.8. The minimum absolute atomic E-state index is 0.0112. The van der Waals surface area contributed by atoms with Crippen molar-refractivity contribution in [3.8, 4) is 0 Å². The molecule has 0 aliphatic carbocycles. The van der Waals surface area contributed by atoms with Gasteiger partial charge in [-0.15, -0.1) is 0 Å². The molecule has 6 nitrogen and oxygen atoms in total. The van der Waals surface area contributed by atoms with Crippen LogP contribution in [0.25, 0.3) is 0 Å². The predicted octanol–water partition coefficient (Wildman–Crippen LogP) is 1.28. The van der Waals surface area contributed by atoms with Crippen LogP contribution in [0.5, 0.6) is 0 Å². The number of nitrogens with zero attached hydrogens (tertiary/aromatic N) is 2. The first-order chi connectivity index (χ1) is 9.36. The molecule has 2 heterocycles. The minimum Gasteiger partial charge on any atom is -0.393 e. The average molecular weight is 364 g/mol. The zero-order valence-electron chi connectivity index (χ0n) is 11.4. The predicted molar refractivity (Wildman–Crippen MR) is 80.0 cm³/mol. The lowest BCUT2D eigenvalue weighted by Gasteiger charge is -2.19. The van der Waals surface area contributed by atoms with Gasteiger partial charge in [-0.1, -0.05) is 0 Å². The summed E-state index contributed by atoms with van der Waals surface area (Å²) >= 11 is 3.25. The topological polar surface area (TPSA) is 82.5 Å². The second-order valence-electron chi connectivity index (χ2n) is 4.90. The van der Waals surface area contributed by atoms with Crippen LogP contribution in [-0.2, 0) is 10.0 Å². The summed E-state index contributed by atoms with van der Waals surface area (Å²) in [4.78, 5) is 4.23. The summed E-state index contributed by atoms with van der Waals surface area (Å²) in [7, 11) is -1.97. The van der Waals surface area contributed by atoms with Crippen molar-refractivity contribution in [3.63, 3.8) is 0 Å². The van der Waals surface area contributed by atoms with Crippen LogP contribution in [-0.4, -0.2) is 49.1 Å². The van der Waals surface area contributed by atoms with Crippen LogP contribution in [0, 0.1) is 5.92 Å². The Morgan fingerprint density at radius 1 is 1.60 bits per heavy atom. The van der Waals surface area contributed by atoms with E-state index < -0.39 is 16.1 Å². The van der Waals surface area contributed by atoms with Crippen molar-refractivity contribution < 1.29 is 13.5 Å². The fraction of sp³-hybridized carbons (Fsp3) is 0.583. The van der Waals surface area contributed by atoms with E-state index in [4.69, 9.17) is 0 Å². The van der Waals surface area contributed by atoms with E-state index in [0.29, 0.717) is 29.8 Å². The Bertz CT molecular complexity index is 592. The van der Waals surface area contributed by atoms with Gasteiger partial charge in [0.2, 0.25) is 10.0 Å². The van der Waals surface area contributed by atoms with E-state index in [1.165, 1.54) is 4.31 Å². The molecule has 8 heteroatoms. The number of nitrogens with one attached hydrogen (secondary N) is 1. The first kappa shape index (κ1) is 15.7. The smallest absolute Gasteiger partial charge is 0.246 e. The monoisotopic (exact) mass is 363 g/mol. The third kappa shape index (κ3) is 2.98. The zero-order chi connectivity index (χ0) is 14.9. The van der Waals surface area contributed by atoms with Gasteiger partial charge in [-0.2, -0.15) is 4.31 Å². The van der Waals surface area contributed by atoms with E-state index in [2.05, 4.69) is 26.2 Å². The second-order valence-corrected chi connectivity index (χ2v) is 7.72. The second kappa shape index (κ2) is 5.97. The van der Waals surface area contributed by atoms with Crippen molar-refractivity contribution in [1.29, 1.82) is 0 Å². The Balaban J connectivity index is 2.34. The number of hydrogen-bond acceptors (Lipinski definition) is 5. The Kier molecular flexibility index (Phi) is 4.68. The number of aliphatic hydroxyl groups is 1. The highest BCUT2D eigenvalue weighted by molar-refractivity contribution is 9.10. The van der Waals surface area contributed by atoms with Crippen LogP contribution < -0.4 is 5.32 Å². The molecule has 2 atom stereocenters. The van der Waals surface area contributed by atoms with Gasteiger partial charge < -0.3 is 10.4 Å². The summed E-state index contributed by atoms with van der Waals surface area (Å²) in [6.45, 7) is 2.46. The van der Waals surface area contributed by atoms with Crippen molar-refractivity contribution in [1.82, 2.24) is 9.29 Å². The molecule has 1 aromatic heterocycles. The van der Waals surface area contributed by atoms with Gasteiger partial charge in [0.25, 0.3) is 0 Å². The van der Waals surface area contributed by atoms with E-state index in [1.54, 1.807) is 26.2 Å². The van der Waals surface area contributed by atoms with Crippen molar-refractivity contribution in [2.45, 2.75) is 24.3 Å². The first-order valence-corrected chi connectivity index (χ1v) is 8.61. The molecule has 2 N–H and O–H groups in total. The number of rotatable bonds is 4. The van der Waals surface area contributed by atoms with Gasteiger partial charge in [-0.3, -0.25) is 0 Å². The molecule has 2 unspecified atom stereocenters. The maximum atomic E-state index is 12.7. The summed E-state index contributed by atoms with van der Waals surface area (Å²) in [6.07, 6.45) is 1.72. The number of anilines is 1. The third-order valence-corrected chi connectivity index (χ3v) is 5.86. The summed E-state index contributed by atoms with van der Waals surface area (Å²) in [5, 5.41) is 12.4. The van der Waals surface area contributed by atoms with E-state index in [-0.39, 0.29) is 10.8 Å². The van der Waals surface area contributed by atoms with Crippen molar-refractivity contribution in [2.24, 2.45) is 5.92 Å². The third-order valence-electron chi connectivity index (χ3n) is 3.54. The lowest BCUT2D eigenvalue weighted by atomic mass is 10.0. The SMILES string of the molecule is CNc1ncc(Br)cc1S(=O)(=O)N1CCC(C(C)O)C1. The van der Waals surface area contributed by atoms with Crippen molar-refractivity contribution in [3.05, 3.63) is 16.7 Å². The molecule has 0 radical (unpaired) electrons. The molecule has 0 saturated carbocycles. The van der Waals surface area contributed by atoms with Gasteiger partial charge in [-0.05, 0) is 41.3 Å². The molecule has 2 rings (SSSR count). The van der Waals surface area contributed by atoms with E-state index in [9.17, 15) is 13.5 Å². The van der Waals surface area contributed by atoms with Gasteiger partial charge in [0.05, 0.1) is 6.10 Å². The van der Waals surface area contributed by atoms with Crippen LogP contribution in [0.1, 0.15) is 13.3 Å². The van der Waals surface area contributed by atoms with Gasteiger partial charge in [0.1, 0.15) is 10.7 Å². The molecular weight excluding hydrogens is 346 g/mol. The first-order valence-electron chi connectivity index (χ1n) is 6.37. The summed E-state index contributed by atoms with van der Waals surface area (Å²) in [5.41, 5.74) is 0. The number of hydrogen-bond donors (Lipinski definition) is 2. The van der Waals surface area contributed by atoms with Crippen LogP contribution in [0.4, 0.5) is 5.82 Å². The lowest BCUT2D eigenvalue weighted by Crippen LogP contribution is -2.31. The molecule has 1 aromatic rings. The summed E-state index contributed by atoms with van der Waals surface area (Å²) in [6, 6.07) is 1.55. The van der Waals surface area contributed by atoms with Crippen molar-refractivity contribution in [2.75, 3.05) is 25.5 Å². The Hall–Kier alpha value is -0.700. The largest absolute Gasteiger partial charge is 0.393 e. The van der Waals surface area contributed by atoms with Gasteiger partial charge in [-0.25, -0.2) is 13.4 Å². The van der Waals surface area contributed by atoms with Gasteiger partial charge in [0.15, 0.2) is 0 Å². The van der Waals surface area contributed by atoms with Crippen LogP contribution in [0.2, 0.25) is 0 Å². The maximum Gasteiger partial charge on any atom is 0.246 e.